The zero-order valence-corrected chi connectivity index (χ0v) is 10.7. The number of aliphatic hydroxyl groups excluding tert-OH is 1. The zero-order chi connectivity index (χ0) is 13.9. The normalized spacial score (nSPS) is 14.7. The third kappa shape index (κ3) is 4.52. The van der Waals surface area contributed by atoms with Gasteiger partial charge in [-0.3, -0.25) is 0 Å². The first-order valence-electron chi connectivity index (χ1n) is 5.13. The molecule has 0 spiro atoms. The number of nitrogens with two attached hydrogens (primary N) is 1. The molecule has 0 aliphatic rings. The molecule has 3 N–H and O–H groups in total. The van der Waals surface area contributed by atoms with Crippen LogP contribution >= 0.6 is 12.4 Å². The summed E-state index contributed by atoms with van der Waals surface area (Å²) in [6.45, 7) is 1.35. The summed E-state index contributed by atoms with van der Waals surface area (Å²) in [6.07, 6.45) is -9.59. The fraction of sp³-hybridized carbons (Fsp3) is 0.455. The van der Waals surface area contributed by atoms with Gasteiger partial charge >= 0.3 is 12.5 Å². The predicted molar refractivity (Wildman–Crippen MR) is 63.9 cm³/mol. The highest BCUT2D eigenvalue weighted by Crippen LogP contribution is 2.32. The lowest BCUT2D eigenvalue weighted by atomic mass is 10.0. The molecular formula is C11H14ClF4NO2. The Balaban J connectivity index is 0.00000324. The molecule has 19 heavy (non-hydrogen) atoms. The van der Waals surface area contributed by atoms with Crippen molar-refractivity contribution >= 4 is 12.4 Å². The molecule has 1 rings (SSSR count). The van der Waals surface area contributed by atoms with E-state index in [4.69, 9.17) is 5.73 Å². The van der Waals surface area contributed by atoms with Crippen LogP contribution in [0.25, 0.3) is 0 Å². The SMILES string of the molecule is C[C@H](O)[C@H](N)c1ccccc1OC(F)(F)C(F)F.Cl. The Labute approximate surface area is 113 Å². The Morgan fingerprint density at radius 3 is 2.26 bits per heavy atom. The minimum absolute atomic E-state index is 0. The number of halogens is 5. The summed E-state index contributed by atoms with van der Waals surface area (Å²) in [4.78, 5) is 0. The molecule has 0 aliphatic heterocycles. The summed E-state index contributed by atoms with van der Waals surface area (Å²) in [5.41, 5.74) is 5.61. The van der Waals surface area contributed by atoms with Crippen LogP contribution in [0.3, 0.4) is 0 Å². The Kier molecular flexibility index (Phi) is 6.54. The highest BCUT2D eigenvalue weighted by molar-refractivity contribution is 5.85. The van der Waals surface area contributed by atoms with Crippen LogP contribution in [0.4, 0.5) is 17.6 Å². The number of alkyl halides is 4. The smallest absolute Gasteiger partial charge is 0.428 e. The molecule has 0 aliphatic carbocycles. The van der Waals surface area contributed by atoms with Gasteiger partial charge in [0.2, 0.25) is 0 Å². The Morgan fingerprint density at radius 1 is 1.26 bits per heavy atom. The lowest BCUT2D eigenvalue weighted by molar-refractivity contribution is -0.253. The van der Waals surface area contributed by atoms with E-state index in [2.05, 4.69) is 4.74 Å². The molecule has 1 aromatic carbocycles. The van der Waals surface area contributed by atoms with Gasteiger partial charge in [0.15, 0.2) is 0 Å². The van der Waals surface area contributed by atoms with Crippen molar-refractivity contribution in [2.75, 3.05) is 0 Å². The van der Waals surface area contributed by atoms with E-state index in [1.54, 1.807) is 0 Å². The zero-order valence-electron chi connectivity index (χ0n) is 9.89. The van der Waals surface area contributed by atoms with Crippen LogP contribution in [-0.4, -0.2) is 23.7 Å². The predicted octanol–water partition coefficient (Wildman–Crippen LogP) is 2.73. The van der Waals surface area contributed by atoms with Crippen molar-refractivity contribution < 1.29 is 27.4 Å². The van der Waals surface area contributed by atoms with Gasteiger partial charge in [0.05, 0.1) is 12.1 Å². The fourth-order valence-electron chi connectivity index (χ4n) is 1.30. The summed E-state index contributed by atoms with van der Waals surface area (Å²) >= 11 is 0. The van der Waals surface area contributed by atoms with Gasteiger partial charge in [-0.05, 0) is 13.0 Å². The van der Waals surface area contributed by atoms with Gasteiger partial charge < -0.3 is 15.6 Å². The first-order chi connectivity index (χ1) is 8.25. The van der Waals surface area contributed by atoms with E-state index in [1.807, 2.05) is 0 Å². The summed E-state index contributed by atoms with van der Waals surface area (Å²) in [5, 5.41) is 9.29. The second-order valence-corrected chi connectivity index (χ2v) is 3.77. The molecular weight excluding hydrogens is 290 g/mol. The van der Waals surface area contributed by atoms with Gasteiger partial charge in [-0.2, -0.15) is 17.6 Å². The number of rotatable bonds is 5. The summed E-state index contributed by atoms with van der Waals surface area (Å²) in [5.74, 6) is -0.476. The van der Waals surface area contributed by atoms with Crippen LogP contribution in [0.15, 0.2) is 24.3 Å². The summed E-state index contributed by atoms with van der Waals surface area (Å²) in [6, 6.07) is 4.23. The van der Waals surface area contributed by atoms with E-state index in [1.165, 1.54) is 25.1 Å². The molecule has 0 radical (unpaired) electrons. The maximum atomic E-state index is 12.8. The molecule has 0 saturated heterocycles. The molecule has 8 heteroatoms. The molecule has 0 bridgehead atoms. The highest BCUT2D eigenvalue weighted by atomic mass is 35.5. The monoisotopic (exact) mass is 303 g/mol. The molecule has 3 nitrogen and oxygen atoms in total. The van der Waals surface area contributed by atoms with Crippen molar-refractivity contribution in [2.45, 2.75) is 31.6 Å². The van der Waals surface area contributed by atoms with E-state index >= 15 is 0 Å². The van der Waals surface area contributed by atoms with Gasteiger partial charge in [-0.15, -0.1) is 12.4 Å². The van der Waals surface area contributed by atoms with Crippen molar-refractivity contribution in [3.63, 3.8) is 0 Å². The Bertz CT molecular complexity index is 404. The quantitative estimate of drug-likeness (QED) is 0.822. The number of hydrogen-bond donors (Lipinski definition) is 2. The van der Waals surface area contributed by atoms with Crippen LogP contribution in [0.1, 0.15) is 18.5 Å². The van der Waals surface area contributed by atoms with Gasteiger partial charge in [0, 0.05) is 5.56 Å². The lowest BCUT2D eigenvalue weighted by Crippen LogP contribution is -2.34. The Morgan fingerprint density at radius 2 is 1.79 bits per heavy atom. The number of para-hydroxylation sites is 1. The van der Waals surface area contributed by atoms with Crippen LogP contribution in [0.2, 0.25) is 0 Å². The first-order valence-corrected chi connectivity index (χ1v) is 5.13. The molecule has 0 aromatic heterocycles. The minimum atomic E-state index is -4.60. The van der Waals surface area contributed by atoms with E-state index in [9.17, 15) is 22.7 Å². The average molecular weight is 304 g/mol. The molecule has 0 heterocycles. The number of aliphatic hydroxyl groups is 1. The largest absolute Gasteiger partial charge is 0.461 e. The van der Waals surface area contributed by atoms with Crippen molar-refractivity contribution in [3.05, 3.63) is 29.8 Å². The minimum Gasteiger partial charge on any atom is -0.428 e. The van der Waals surface area contributed by atoms with Crippen molar-refractivity contribution in [1.82, 2.24) is 0 Å². The second-order valence-electron chi connectivity index (χ2n) is 3.77. The van der Waals surface area contributed by atoms with Crippen molar-refractivity contribution in [2.24, 2.45) is 5.73 Å². The average Bonchev–Trinajstić information content (AvgIpc) is 2.28. The van der Waals surface area contributed by atoms with Crippen LogP contribution in [-0.2, 0) is 0 Å². The van der Waals surface area contributed by atoms with Gasteiger partial charge in [-0.1, -0.05) is 18.2 Å². The fourth-order valence-corrected chi connectivity index (χ4v) is 1.30. The molecule has 0 fully saturated rings. The summed E-state index contributed by atoms with van der Waals surface area (Å²) in [7, 11) is 0. The molecule has 0 amide bonds. The first kappa shape index (κ1) is 17.9. The lowest BCUT2D eigenvalue weighted by Gasteiger charge is -2.22. The molecule has 1 aromatic rings. The van der Waals surface area contributed by atoms with Crippen molar-refractivity contribution in [3.8, 4) is 5.75 Å². The maximum absolute atomic E-state index is 12.8. The topological polar surface area (TPSA) is 55.5 Å². The van der Waals surface area contributed by atoms with E-state index in [0.717, 1.165) is 6.07 Å². The molecule has 2 atom stereocenters. The van der Waals surface area contributed by atoms with Gasteiger partial charge in [0.25, 0.3) is 0 Å². The van der Waals surface area contributed by atoms with Gasteiger partial charge in [-0.25, -0.2) is 0 Å². The highest BCUT2D eigenvalue weighted by Gasteiger charge is 2.44. The van der Waals surface area contributed by atoms with E-state index in [0.29, 0.717) is 0 Å². The van der Waals surface area contributed by atoms with Crippen LogP contribution < -0.4 is 10.5 Å². The standard InChI is InChI=1S/C11H13F4NO2.ClH/c1-6(17)9(16)7-4-2-3-5-8(7)18-11(14,15)10(12)13;/h2-6,9-10,17H,16H2,1H3;1H/t6-,9-;/m0./s1. The van der Waals surface area contributed by atoms with Crippen LogP contribution in [0, 0.1) is 0 Å². The summed E-state index contributed by atoms with van der Waals surface area (Å²) < 4.78 is 53.7. The Hall–Kier alpha value is -1.05. The van der Waals surface area contributed by atoms with E-state index in [-0.39, 0.29) is 18.0 Å². The molecule has 0 unspecified atom stereocenters. The number of benzene rings is 1. The van der Waals surface area contributed by atoms with Gasteiger partial charge in [0.1, 0.15) is 5.75 Å². The number of hydrogen-bond acceptors (Lipinski definition) is 3. The molecule has 0 saturated carbocycles. The third-order valence-corrected chi connectivity index (χ3v) is 2.30. The van der Waals surface area contributed by atoms with Crippen molar-refractivity contribution in [1.29, 1.82) is 0 Å². The van der Waals surface area contributed by atoms with Crippen LogP contribution in [0.5, 0.6) is 5.75 Å². The second kappa shape index (κ2) is 6.93. The molecule has 110 valence electrons. The number of ether oxygens (including phenoxy) is 1. The van der Waals surface area contributed by atoms with E-state index < -0.39 is 30.4 Å². The maximum Gasteiger partial charge on any atom is 0.461 e. The third-order valence-electron chi connectivity index (χ3n) is 2.30.